The molecular formula is C35H35N5O5S. The lowest BCUT2D eigenvalue weighted by Gasteiger charge is -2.31. The van der Waals surface area contributed by atoms with Gasteiger partial charge in [-0.15, -0.1) is 11.3 Å². The number of anilines is 1. The number of nitrogens with one attached hydrogen (secondary N) is 3. The van der Waals surface area contributed by atoms with Gasteiger partial charge in [-0.2, -0.15) is 0 Å². The lowest BCUT2D eigenvalue weighted by molar-refractivity contribution is -0.142. The molecule has 0 saturated heterocycles. The van der Waals surface area contributed by atoms with Crippen LogP contribution >= 0.6 is 11.3 Å². The molecule has 1 aromatic heterocycles. The molecule has 2 heterocycles. The number of nitrogens with zero attached hydrogens (tertiary/aromatic N) is 1. The standard InChI is InChI=1S/C35H35N5O5S/c1-2-45-31(41)20-28-19-26-21-40(17-16-30(26)46-28)35(44)29(39-34(43)25-12-10-23(11-13-25)32(36)37)18-22-8-14-27(15-9-22)38-33(42)24-6-4-3-5-7-24/h3-15,19,29H,2,16-18,20-21H2,1H3,(H3,36,37)(H,38,42)(H,39,43). The average molecular weight is 638 g/mol. The molecular weight excluding hydrogens is 602 g/mol. The van der Waals surface area contributed by atoms with Crippen molar-refractivity contribution < 1.29 is 23.9 Å². The summed E-state index contributed by atoms with van der Waals surface area (Å²) >= 11 is 1.57. The highest BCUT2D eigenvalue weighted by atomic mass is 32.1. The van der Waals surface area contributed by atoms with Crippen LogP contribution in [0, 0.1) is 5.41 Å². The van der Waals surface area contributed by atoms with Gasteiger partial charge in [-0.05, 0) is 66.9 Å². The van der Waals surface area contributed by atoms with Crippen molar-refractivity contribution in [3.63, 3.8) is 0 Å². The van der Waals surface area contributed by atoms with Crippen LogP contribution in [0.1, 0.15) is 54.1 Å². The van der Waals surface area contributed by atoms with Crippen LogP contribution in [0.25, 0.3) is 0 Å². The highest BCUT2D eigenvalue weighted by Gasteiger charge is 2.30. The van der Waals surface area contributed by atoms with Crippen molar-refractivity contribution in [1.29, 1.82) is 5.41 Å². The van der Waals surface area contributed by atoms with Crippen LogP contribution < -0.4 is 16.4 Å². The second-order valence-electron chi connectivity index (χ2n) is 10.9. The first-order valence-electron chi connectivity index (χ1n) is 15.0. The van der Waals surface area contributed by atoms with E-state index in [2.05, 4.69) is 10.6 Å². The van der Waals surface area contributed by atoms with Gasteiger partial charge >= 0.3 is 5.97 Å². The third kappa shape index (κ3) is 8.05. The Labute approximate surface area is 271 Å². The van der Waals surface area contributed by atoms with E-state index in [1.54, 1.807) is 83.8 Å². The molecule has 236 valence electrons. The minimum Gasteiger partial charge on any atom is -0.466 e. The Morgan fingerprint density at radius 3 is 2.28 bits per heavy atom. The Hall–Kier alpha value is -5.29. The summed E-state index contributed by atoms with van der Waals surface area (Å²) in [5.74, 6) is -1.26. The predicted molar refractivity (Wildman–Crippen MR) is 177 cm³/mol. The van der Waals surface area contributed by atoms with Crippen molar-refractivity contribution in [2.75, 3.05) is 18.5 Å². The van der Waals surface area contributed by atoms with E-state index in [-0.39, 0.29) is 36.5 Å². The predicted octanol–water partition coefficient (Wildman–Crippen LogP) is 4.32. The molecule has 0 saturated carbocycles. The first-order valence-corrected chi connectivity index (χ1v) is 15.8. The number of rotatable bonds is 11. The number of thiophene rings is 1. The fraction of sp³-hybridized carbons (Fsp3) is 0.229. The van der Waals surface area contributed by atoms with Gasteiger partial charge in [-0.1, -0.05) is 42.5 Å². The molecule has 46 heavy (non-hydrogen) atoms. The number of amides is 3. The summed E-state index contributed by atoms with van der Waals surface area (Å²) in [4.78, 5) is 55.7. The Morgan fingerprint density at radius 1 is 0.935 bits per heavy atom. The maximum Gasteiger partial charge on any atom is 0.311 e. The van der Waals surface area contributed by atoms with Gasteiger partial charge in [0.05, 0.1) is 13.0 Å². The quantitative estimate of drug-likeness (QED) is 0.109. The lowest BCUT2D eigenvalue weighted by atomic mass is 10.0. The SMILES string of the molecule is CCOC(=O)Cc1cc2c(s1)CCN(C(=O)C(Cc1ccc(NC(=O)c3ccccc3)cc1)NC(=O)c1ccc(C(=N)N)cc1)C2. The molecule has 1 atom stereocenters. The second kappa shape index (κ2) is 14.7. The summed E-state index contributed by atoms with van der Waals surface area (Å²) in [6.07, 6.45) is 1.07. The molecule has 0 fully saturated rings. The largest absolute Gasteiger partial charge is 0.466 e. The number of esters is 1. The number of nitrogens with two attached hydrogens (primary N) is 1. The maximum absolute atomic E-state index is 14.0. The van der Waals surface area contributed by atoms with Crippen molar-refractivity contribution >= 4 is 46.6 Å². The molecule has 0 spiro atoms. The van der Waals surface area contributed by atoms with Crippen LogP contribution in [0.15, 0.2) is 84.9 Å². The lowest BCUT2D eigenvalue weighted by Crippen LogP contribution is -2.50. The molecule has 11 heteroatoms. The number of hydrogen-bond donors (Lipinski definition) is 4. The molecule has 10 nitrogen and oxygen atoms in total. The number of hydrogen-bond acceptors (Lipinski definition) is 7. The van der Waals surface area contributed by atoms with Gasteiger partial charge in [0.1, 0.15) is 11.9 Å². The van der Waals surface area contributed by atoms with E-state index >= 15 is 0 Å². The molecule has 0 aliphatic carbocycles. The van der Waals surface area contributed by atoms with E-state index in [1.807, 2.05) is 24.3 Å². The van der Waals surface area contributed by atoms with E-state index < -0.39 is 11.9 Å². The number of amidine groups is 1. The summed E-state index contributed by atoms with van der Waals surface area (Å²) in [6.45, 7) is 2.95. The van der Waals surface area contributed by atoms with Crippen LogP contribution in [0.4, 0.5) is 5.69 Å². The first kappa shape index (κ1) is 32.1. The molecule has 1 unspecified atom stereocenters. The fourth-order valence-corrected chi connectivity index (χ4v) is 6.40. The smallest absolute Gasteiger partial charge is 0.311 e. The van der Waals surface area contributed by atoms with Gasteiger partial charge in [-0.3, -0.25) is 24.6 Å². The van der Waals surface area contributed by atoms with Crippen molar-refractivity contribution in [1.82, 2.24) is 10.2 Å². The Kier molecular flexibility index (Phi) is 10.2. The summed E-state index contributed by atoms with van der Waals surface area (Å²) in [5.41, 5.74) is 9.32. The second-order valence-corrected chi connectivity index (χ2v) is 12.1. The van der Waals surface area contributed by atoms with Gasteiger partial charge in [0, 0.05) is 51.6 Å². The van der Waals surface area contributed by atoms with Crippen LogP contribution in [-0.2, 0) is 40.1 Å². The Morgan fingerprint density at radius 2 is 1.61 bits per heavy atom. The number of nitrogen functional groups attached to an aromatic ring is 1. The van der Waals surface area contributed by atoms with Crippen LogP contribution in [0.2, 0.25) is 0 Å². The molecule has 0 bridgehead atoms. The molecule has 0 radical (unpaired) electrons. The number of ether oxygens (including phenoxy) is 1. The minimum atomic E-state index is -0.871. The van der Waals surface area contributed by atoms with Crippen LogP contribution in [0.3, 0.4) is 0 Å². The van der Waals surface area contributed by atoms with Crippen LogP contribution in [-0.4, -0.2) is 53.6 Å². The summed E-state index contributed by atoms with van der Waals surface area (Å²) in [7, 11) is 0. The molecule has 5 N–H and O–H groups in total. The normalized spacial score (nSPS) is 12.8. The average Bonchev–Trinajstić information content (AvgIpc) is 3.46. The molecule has 1 aliphatic heterocycles. The van der Waals surface area contributed by atoms with Crippen molar-refractivity contribution in [2.24, 2.45) is 5.73 Å². The van der Waals surface area contributed by atoms with Gasteiger partial charge < -0.3 is 26.0 Å². The zero-order valence-electron chi connectivity index (χ0n) is 25.4. The van der Waals surface area contributed by atoms with Crippen molar-refractivity contribution in [3.05, 3.63) is 123 Å². The Bertz CT molecular complexity index is 1740. The van der Waals surface area contributed by atoms with Crippen molar-refractivity contribution in [3.8, 4) is 0 Å². The van der Waals surface area contributed by atoms with Gasteiger partial charge in [-0.25, -0.2) is 0 Å². The van der Waals surface area contributed by atoms with E-state index in [4.69, 9.17) is 15.9 Å². The monoisotopic (exact) mass is 637 g/mol. The van der Waals surface area contributed by atoms with E-state index in [9.17, 15) is 19.2 Å². The third-order valence-corrected chi connectivity index (χ3v) is 8.84. The number of fused-ring (bicyclic) bond motifs is 1. The zero-order chi connectivity index (χ0) is 32.6. The molecule has 3 amide bonds. The van der Waals surface area contributed by atoms with Gasteiger partial charge in [0.15, 0.2) is 0 Å². The third-order valence-electron chi connectivity index (χ3n) is 7.60. The van der Waals surface area contributed by atoms with Gasteiger partial charge in [0.25, 0.3) is 11.8 Å². The fourth-order valence-electron chi connectivity index (χ4n) is 5.24. The highest BCUT2D eigenvalue weighted by Crippen LogP contribution is 2.29. The zero-order valence-corrected chi connectivity index (χ0v) is 26.2. The first-order chi connectivity index (χ1) is 22.2. The number of carbonyl (C=O) groups excluding carboxylic acids is 4. The number of benzene rings is 3. The van der Waals surface area contributed by atoms with E-state index in [0.717, 1.165) is 20.9 Å². The molecule has 5 rings (SSSR count). The van der Waals surface area contributed by atoms with E-state index in [1.165, 1.54) is 0 Å². The van der Waals surface area contributed by atoms with E-state index in [0.29, 0.717) is 48.5 Å². The number of carbonyl (C=O) groups is 4. The molecule has 4 aromatic rings. The summed E-state index contributed by atoms with van der Waals surface area (Å²) in [5, 5.41) is 13.4. The highest BCUT2D eigenvalue weighted by molar-refractivity contribution is 7.12. The van der Waals surface area contributed by atoms with Gasteiger partial charge in [0.2, 0.25) is 5.91 Å². The van der Waals surface area contributed by atoms with Crippen LogP contribution in [0.5, 0.6) is 0 Å². The Balaban J connectivity index is 1.32. The summed E-state index contributed by atoms with van der Waals surface area (Å²) < 4.78 is 5.09. The molecule has 1 aliphatic rings. The maximum atomic E-state index is 14.0. The van der Waals surface area contributed by atoms with Crippen molar-refractivity contribution in [2.45, 2.75) is 38.8 Å². The summed E-state index contributed by atoms with van der Waals surface area (Å²) in [6, 6.07) is 23.5. The molecule has 3 aromatic carbocycles. The minimum absolute atomic E-state index is 0.105. The topological polar surface area (TPSA) is 155 Å².